The molecule has 0 saturated heterocycles. The van der Waals surface area contributed by atoms with Gasteiger partial charge in [0.05, 0.1) is 4.90 Å². The molecule has 0 amide bonds. The van der Waals surface area contributed by atoms with Gasteiger partial charge in [0.15, 0.2) is 0 Å². The van der Waals surface area contributed by atoms with Gasteiger partial charge in [0.25, 0.3) is 10.1 Å². The van der Waals surface area contributed by atoms with E-state index in [1.807, 2.05) is 25.1 Å². The zero-order valence-corrected chi connectivity index (χ0v) is 13.4. The first-order valence-corrected chi connectivity index (χ1v) is 8.82. The van der Waals surface area contributed by atoms with Gasteiger partial charge in [-0.1, -0.05) is 43.7 Å². The molecule has 6 nitrogen and oxygen atoms in total. The van der Waals surface area contributed by atoms with E-state index in [0.29, 0.717) is 5.56 Å². The Balaban J connectivity index is 2.23. The van der Waals surface area contributed by atoms with Crippen molar-refractivity contribution in [3.63, 3.8) is 0 Å². The molecule has 0 spiro atoms. The van der Waals surface area contributed by atoms with Gasteiger partial charge in [-0.3, -0.25) is 4.55 Å². The minimum atomic E-state index is -4.29. The van der Waals surface area contributed by atoms with Gasteiger partial charge >= 0.3 is 0 Å². The van der Waals surface area contributed by atoms with Crippen LogP contribution < -0.4 is 0 Å². The maximum absolute atomic E-state index is 11.7. The van der Waals surface area contributed by atoms with Gasteiger partial charge in [-0.05, 0) is 29.7 Å². The predicted molar refractivity (Wildman–Crippen MR) is 86.9 cm³/mol. The number of aromatic amines is 1. The fourth-order valence-corrected chi connectivity index (χ4v) is 3.70. The zero-order chi connectivity index (χ0) is 16.4. The van der Waals surface area contributed by atoms with Crippen LogP contribution in [0.15, 0.2) is 47.4 Å². The summed E-state index contributed by atoms with van der Waals surface area (Å²) in [5, 5.41) is 10.9. The van der Waals surface area contributed by atoms with Gasteiger partial charge in [0.2, 0.25) is 0 Å². The first-order valence-electron chi connectivity index (χ1n) is 7.38. The third-order valence-corrected chi connectivity index (χ3v) is 4.83. The maximum atomic E-state index is 11.7. The number of nitrogens with one attached hydrogen (secondary N) is 1. The van der Waals surface area contributed by atoms with E-state index in [-0.39, 0.29) is 10.8 Å². The summed E-state index contributed by atoms with van der Waals surface area (Å²) in [6, 6.07) is 12.2. The van der Waals surface area contributed by atoms with Crippen LogP contribution in [0.25, 0.3) is 11.0 Å². The third-order valence-electron chi connectivity index (χ3n) is 3.90. The molecule has 0 aliphatic heterocycles. The topological polar surface area (TPSA) is 95.9 Å². The van der Waals surface area contributed by atoms with E-state index in [1.54, 1.807) is 18.2 Å². The lowest BCUT2D eigenvalue weighted by Gasteiger charge is -2.19. The average molecular weight is 331 g/mol. The number of para-hydroxylation sites is 1. The molecular formula is C16H17N3O3S. The Morgan fingerprint density at radius 3 is 2.57 bits per heavy atom. The molecule has 0 aliphatic carbocycles. The monoisotopic (exact) mass is 331 g/mol. The highest BCUT2D eigenvalue weighted by Gasteiger charge is 2.24. The lowest BCUT2D eigenvalue weighted by Crippen LogP contribution is -2.09. The summed E-state index contributed by atoms with van der Waals surface area (Å²) >= 11 is 0. The summed E-state index contributed by atoms with van der Waals surface area (Å²) in [4.78, 5) is -0.0565. The van der Waals surface area contributed by atoms with Crippen molar-refractivity contribution in [3.05, 3.63) is 53.6 Å². The fourth-order valence-electron chi connectivity index (χ4n) is 2.94. The molecule has 23 heavy (non-hydrogen) atoms. The van der Waals surface area contributed by atoms with E-state index >= 15 is 0 Å². The highest BCUT2D eigenvalue weighted by molar-refractivity contribution is 7.85. The number of hydrogen-bond acceptors (Lipinski definition) is 4. The van der Waals surface area contributed by atoms with Crippen molar-refractivity contribution >= 4 is 21.2 Å². The Kier molecular flexibility index (Phi) is 4.14. The summed E-state index contributed by atoms with van der Waals surface area (Å²) in [7, 11) is -4.29. The lowest BCUT2D eigenvalue weighted by molar-refractivity contribution is 0.481. The Bertz CT molecular complexity index is 934. The molecule has 1 unspecified atom stereocenters. The van der Waals surface area contributed by atoms with E-state index in [0.717, 1.165) is 29.4 Å². The molecule has 7 heteroatoms. The van der Waals surface area contributed by atoms with Crippen molar-refractivity contribution in [2.24, 2.45) is 0 Å². The number of nitrogens with zero attached hydrogens (tertiary/aromatic N) is 2. The normalized spacial score (nSPS) is 13.3. The summed E-state index contributed by atoms with van der Waals surface area (Å²) in [6.07, 6.45) is 1.59. The van der Waals surface area contributed by atoms with Crippen molar-refractivity contribution in [2.75, 3.05) is 0 Å². The molecule has 1 atom stereocenters. The van der Waals surface area contributed by atoms with E-state index in [1.165, 1.54) is 6.07 Å². The molecule has 3 aromatic rings. The van der Waals surface area contributed by atoms with Crippen LogP contribution in [0.1, 0.15) is 36.8 Å². The van der Waals surface area contributed by atoms with Crippen LogP contribution in [0, 0.1) is 0 Å². The number of fused-ring (bicyclic) bond motifs is 1. The molecule has 1 heterocycles. The van der Waals surface area contributed by atoms with Crippen molar-refractivity contribution in [2.45, 2.75) is 30.6 Å². The van der Waals surface area contributed by atoms with E-state index in [4.69, 9.17) is 0 Å². The number of H-pyrrole nitrogens is 1. The summed E-state index contributed by atoms with van der Waals surface area (Å²) in [6.45, 7) is 2.03. The van der Waals surface area contributed by atoms with Gasteiger partial charge in [0, 0.05) is 5.92 Å². The Hall–Kier alpha value is -2.25. The van der Waals surface area contributed by atoms with Gasteiger partial charge in [0.1, 0.15) is 11.0 Å². The SMILES string of the molecule is CCCC(c1ccccc1S(=O)(=O)O)c1cccc2n[nH]nc12. The lowest BCUT2D eigenvalue weighted by atomic mass is 9.87. The molecule has 1 aromatic heterocycles. The van der Waals surface area contributed by atoms with E-state index in [2.05, 4.69) is 15.4 Å². The molecule has 0 radical (unpaired) electrons. The maximum Gasteiger partial charge on any atom is 0.294 e. The predicted octanol–water partition coefficient (Wildman–Crippen LogP) is 3.14. The number of hydrogen-bond donors (Lipinski definition) is 2. The Morgan fingerprint density at radius 2 is 1.83 bits per heavy atom. The second kappa shape index (κ2) is 6.10. The molecule has 2 N–H and O–H groups in total. The average Bonchev–Trinajstić information content (AvgIpc) is 3.00. The minimum Gasteiger partial charge on any atom is -0.282 e. The van der Waals surface area contributed by atoms with E-state index < -0.39 is 10.1 Å². The van der Waals surface area contributed by atoms with Crippen LogP contribution in [-0.4, -0.2) is 28.4 Å². The van der Waals surface area contributed by atoms with Crippen LogP contribution in [-0.2, 0) is 10.1 Å². The van der Waals surface area contributed by atoms with Crippen molar-refractivity contribution in [3.8, 4) is 0 Å². The van der Waals surface area contributed by atoms with Crippen molar-refractivity contribution < 1.29 is 13.0 Å². The molecular weight excluding hydrogens is 314 g/mol. The van der Waals surface area contributed by atoms with Crippen LogP contribution in [0.4, 0.5) is 0 Å². The summed E-state index contributed by atoms with van der Waals surface area (Å²) < 4.78 is 33.0. The van der Waals surface area contributed by atoms with Crippen LogP contribution in [0.3, 0.4) is 0 Å². The van der Waals surface area contributed by atoms with Gasteiger partial charge in [-0.2, -0.15) is 23.8 Å². The smallest absolute Gasteiger partial charge is 0.282 e. The summed E-state index contributed by atoms with van der Waals surface area (Å²) in [5.41, 5.74) is 2.92. The van der Waals surface area contributed by atoms with Crippen molar-refractivity contribution in [1.29, 1.82) is 0 Å². The highest BCUT2D eigenvalue weighted by atomic mass is 32.2. The van der Waals surface area contributed by atoms with Crippen LogP contribution in [0.2, 0.25) is 0 Å². The first-order chi connectivity index (χ1) is 11.0. The molecule has 0 saturated carbocycles. The minimum absolute atomic E-state index is 0.0565. The second-order valence-corrected chi connectivity index (χ2v) is 6.78. The molecule has 0 aliphatic rings. The molecule has 0 fully saturated rings. The Labute approximate surface area is 134 Å². The van der Waals surface area contributed by atoms with Crippen LogP contribution in [0.5, 0.6) is 0 Å². The fraction of sp³-hybridized carbons (Fsp3) is 0.250. The number of rotatable bonds is 5. The van der Waals surface area contributed by atoms with Gasteiger partial charge < -0.3 is 0 Å². The quantitative estimate of drug-likeness (QED) is 0.700. The second-order valence-electron chi connectivity index (χ2n) is 5.39. The third kappa shape index (κ3) is 2.97. The van der Waals surface area contributed by atoms with Gasteiger partial charge in [-0.15, -0.1) is 0 Å². The van der Waals surface area contributed by atoms with Crippen molar-refractivity contribution in [1.82, 2.24) is 15.4 Å². The largest absolute Gasteiger partial charge is 0.294 e. The summed E-state index contributed by atoms with van der Waals surface area (Å²) in [5.74, 6) is -0.188. The number of aromatic nitrogens is 3. The van der Waals surface area contributed by atoms with Gasteiger partial charge in [-0.25, -0.2) is 0 Å². The molecule has 120 valence electrons. The van der Waals surface area contributed by atoms with E-state index in [9.17, 15) is 13.0 Å². The van der Waals surface area contributed by atoms with Crippen LogP contribution >= 0.6 is 0 Å². The number of benzene rings is 2. The Morgan fingerprint density at radius 1 is 1.09 bits per heavy atom. The highest BCUT2D eigenvalue weighted by Crippen LogP contribution is 2.35. The molecule has 0 bridgehead atoms. The standard InChI is InChI=1S/C16H17N3O3S/c1-2-6-11(12-7-3-4-10-15(12)23(20,21)22)13-8-5-9-14-16(13)18-19-17-14/h3-5,7-11H,2,6H2,1H3,(H,17,18,19)(H,20,21,22). The molecule has 2 aromatic carbocycles. The first kappa shape index (κ1) is 15.6. The zero-order valence-electron chi connectivity index (χ0n) is 12.6. The molecule has 3 rings (SSSR count).